The Morgan fingerprint density at radius 2 is 0.721 bits per heavy atom. The van der Waals surface area contributed by atoms with Crippen molar-refractivity contribution in [2.24, 2.45) is 5.41 Å². The van der Waals surface area contributed by atoms with Crippen LogP contribution in [0.3, 0.4) is 0 Å². The lowest BCUT2D eigenvalue weighted by Gasteiger charge is -2.35. The second kappa shape index (κ2) is 11.7. The number of rotatable bonds is 8. The third kappa shape index (κ3) is 5.61. The molecule has 0 unspecified atom stereocenters. The van der Waals surface area contributed by atoms with Gasteiger partial charge in [-0.3, -0.25) is 0 Å². The van der Waals surface area contributed by atoms with Gasteiger partial charge in [0.1, 0.15) is 14.3 Å². The summed E-state index contributed by atoms with van der Waals surface area (Å²) in [5.41, 5.74) is 7.04. The zero-order valence-electron chi connectivity index (χ0n) is 25.8. The Kier molecular flexibility index (Phi) is 8.14. The highest BCUT2D eigenvalue weighted by Crippen LogP contribution is 2.61. The third-order valence-corrected chi connectivity index (χ3v) is 15.8. The van der Waals surface area contributed by atoms with E-state index in [9.17, 15) is 0 Å². The van der Waals surface area contributed by atoms with Gasteiger partial charge in [0.2, 0.25) is 0 Å². The molecule has 0 saturated heterocycles. The molecule has 0 aromatic heterocycles. The average Bonchev–Trinajstić information content (AvgIpc) is 3.59. The first-order valence-corrected chi connectivity index (χ1v) is 19.3. The first-order chi connectivity index (χ1) is 20.6. The SMILES string of the molecule is Cc1ccc(P(=O)(CC2=CCCC23CCC=C3CP(=O)(c2ccc(C)cc2)c2ccc(C)cc2)c2ccc(C)cc2)cc1. The largest absolute Gasteiger partial charge is 0.313 e. The van der Waals surface area contributed by atoms with Crippen LogP contribution in [0, 0.1) is 33.1 Å². The Bertz CT molecular complexity index is 1540. The zero-order chi connectivity index (χ0) is 30.2. The number of hydrogen-bond donors (Lipinski definition) is 0. The fraction of sp³-hybridized carbons (Fsp3) is 0.282. The highest BCUT2D eigenvalue weighted by atomic mass is 31.2. The standard InChI is InChI=1S/C39H42O2P2/c1-29-9-17-35(18-10-29)42(40,36-19-11-30(2)12-20-36)27-33-7-5-25-39(33)26-6-8-34(39)28-43(41,37-21-13-31(3)14-22-37)38-23-15-32(4)16-24-38/h7-24H,5-6,25-28H2,1-4H3. The summed E-state index contributed by atoms with van der Waals surface area (Å²) in [6.45, 7) is 8.30. The van der Waals surface area contributed by atoms with Gasteiger partial charge in [-0.1, -0.05) is 143 Å². The van der Waals surface area contributed by atoms with Crippen LogP contribution < -0.4 is 21.2 Å². The fourth-order valence-corrected chi connectivity index (χ4v) is 12.7. The number of hydrogen-bond acceptors (Lipinski definition) is 2. The van der Waals surface area contributed by atoms with Crippen molar-refractivity contribution in [2.75, 3.05) is 12.3 Å². The van der Waals surface area contributed by atoms with E-state index in [0.29, 0.717) is 12.3 Å². The Morgan fingerprint density at radius 3 is 0.977 bits per heavy atom. The van der Waals surface area contributed by atoms with E-state index in [1.807, 2.05) is 0 Å². The highest BCUT2D eigenvalue weighted by molar-refractivity contribution is 7.79. The molecule has 43 heavy (non-hydrogen) atoms. The normalized spacial score (nSPS) is 16.4. The van der Waals surface area contributed by atoms with Crippen LogP contribution in [-0.2, 0) is 9.13 Å². The molecule has 0 amide bonds. The van der Waals surface area contributed by atoms with Crippen LogP contribution in [0.5, 0.6) is 0 Å². The number of allylic oxidation sites excluding steroid dienone is 4. The minimum Gasteiger partial charge on any atom is -0.313 e. The molecule has 6 rings (SSSR count). The Balaban J connectivity index is 1.40. The molecule has 0 fully saturated rings. The summed E-state index contributed by atoms with van der Waals surface area (Å²) in [5, 5.41) is 3.66. The third-order valence-electron chi connectivity index (χ3n) is 9.74. The predicted octanol–water partition coefficient (Wildman–Crippen LogP) is 8.68. The number of aryl methyl sites for hydroxylation is 4. The van der Waals surface area contributed by atoms with Crippen molar-refractivity contribution in [3.05, 3.63) is 143 Å². The lowest BCUT2D eigenvalue weighted by Crippen LogP contribution is -2.29. The summed E-state index contributed by atoms with van der Waals surface area (Å²) in [5.74, 6) is 0. The molecular formula is C39H42O2P2. The first kappa shape index (κ1) is 29.9. The summed E-state index contributed by atoms with van der Waals surface area (Å²) in [7, 11) is -5.92. The van der Waals surface area contributed by atoms with Crippen LogP contribution >= 0.6 is 14.3 Å². The minimum atomic E-state index is -2.96. The van der Waals surface area contributed by atoms with Crippen LogP contribution in [0.25, 0.3) is 0 Å². The van der Waals surface area contributed by atoms with Crippen molar-refractivity contribution in [3.8, 4) is 0 Å². The van der Waals surface area contributed by atoms with Crippen LogP contribution in [0.15, 0.2) is 120 Å². The molecular weight excluding hydrogens is 562 g/mol. The Labute approximate surface area is 257 Å². The highest BCUT2D eigenvalue weighted by Gasteiger charge is 2.47. The smallest absolute Gasteiger partial charge is 0.147 e. The molecule has 0 N–H and O–H groups in total. The van der Waals surface area contributed by atoms with Crippen LogP contribution in [0.4, 0.5) is 0 Å². The maximum absolute atomic E-state index is 15.3. The van der Waals surface area contributed by atoms with Crippen LogP contribution in [0.2, 0.25) is 0 Å². The fourth-order valence-electron chi connectivity index (χ4n) is 7.07. The molecule has 0 saturated carbocycles. The lowest BCUT2D eigenvalue weighted by molar-refractivity contribution is 0.421. The van der Waals surface area contributed by atoms with Crippen molar-refractivity contribution in [1.82, 2.24) is 0 Å². The molecule has 2 nitrogen and oxygen atoms in total. The molecule has 0 atom stereocenters. The quantitative estimate of drug-likeness (QED) is 0.149. The van der Waals surface area contributed by atoms with Crippen LogP contribution in [0.1, 0.15) is 47.9 Å². The van der Waals surface area contributed by atoms with E-state index in [-0.39, 0.29) is 5.41 Å². The second-order valence-electron chi connectivity index (χ2n) is 12.8. The van der Waals surface area contributed by atoms with E-state index in [4.69, 9.17) is 0 Å². The molecule has 2 aliphatic carbocycles. The summed E-state index contributed by atoms with van der Waals surface area (Å²) >= 11 is 0. The van der Waals surface area contributed by atoms with E-state index in [1.165, 1.54) is 33.4 Å². The zero-order valence-corrected chi connectivity index (χ0v) is 27.6. The molecule has 0 radical (unpaired) electrons. The van der Waals surface area contributed by atoms with Crippen molar-refractivity contribution in [3.63, 3.8) is 0 Å². The van der Waals surface area contributed by atoms with Crippen molar-refractivity contribution < 1.29 is 9.13 Å². The molecule has 4 heteroatoms. The minimum absolute atomic E-state index is 0.184. The molecule has 0 heterocycles. The van der Waals surface area contributed by atoms with Gasteiger partial charge in [-0.05, 0) is 53.4 Å². The van der Waals surface area contributed by atoms with Crippen LogP contribution in [-0.4, -0.2) is 12.3 Å². The van der Waals surface area contributed by atoms with Gasteiger partial charge in [-0.2, -0.15) is 0 Å². The van der Waals surface area contributed by atoms with E-state index >= 15 is 9.13 Å². The molecule has 0 bridgehead atoms. The summed E-state index contributed by atoms with van der Waals surface area (Å²) in [6, 6.07) is 33.1. The average molecular weight is 605 g/mol. The topological polar surface area (TPSA) is 34.1 Å². The number of benzene rings is 4. The summed E-state index contributed by atoms with van der Waals surface area (Å²) in [4.78, 5) is 0. The van der Waals surface area contributed by atoms with Crippen molar-refractivity contribution in [1.29, 1.82) is 0 Å². The van der Waals surface area contributed by atoms with Gasteiger partial charge in [0, 0.05) is 39.0 Å². The van der Waals surface area contributed by atoms with E-state index in [1.54, 1.807) is 0 Å². The van der Waals surface area contributed by atoms with Gasteiger partial charge >= 0.3 is 0 Å². The molecule has 4 aromatic carbocycles. The van der Waals surface area contributed by atoms with Gasteiger partial charge in [-0.25, -0.2) is 0 Å². The lowest BCUT2D eigenvalue weighted by atomic mass is 9.76. The van der Waals surface area contributed by atoms with Gasteiger partial charge in [0.15, 0.2) is 0 Å². The van der Waals surface area contributed by atoms with Gasteiger partial charge < -0.3 is 9.13 Å². The maximum Gasteiger partial charge on any atom is 0.147 e. The van der Waals surface area contributed by atoms with E-state index in [2.05, 4.69) is 137 Å². The molecule has 220 valence electrons. The van der Waals surface area contributed by atoms with Gasteiger partial charge in [0.05, 0.1) is 0 Å². The Hall–Kier alpha value is -3.18. The Morgan fingerprint density at radius 1 is 0.465 bits per heavy atom. The molecule has 2 aliphatic rings. The predicted molar refractivity (Wildman–Crippen MR) is 185 cm³/mol. The molecule has 4 aromatic rings. The second-order valence-corrected chi connectivity index (χ2v) is 18.4. The van der Waals surface area contributed by atoms with E-state index < -0.39 is 14.3 Å². The van der Waals surface area contributed by atoms with Crippen molar-refractivity contribution >= 4 is 35.5 Å². The van der Waals surface area contributed by atoms with Gasteiger partial charge in [-0.15, -0.1) is 0 Å². The summed E-state index contributed by atoms with van der Waals surface area (Å²) < 4.78 is 30.6. The summed E-state index contributed by atoms with van der Waals surface area (Å²) in [6.07, 6.45) is 9.69. The monoisotopic (exact) mass is 604 g/mol. The molecule has 0 aliphatic heterocycles. The molecule has 1 spiro atoms. The maximum atomic E-state index is 15.3. The first-order valence-electron chi connectivity index (χ1n) is 15.5. The van der Waals surface area contributed by atoms with E-state index in [0.717, 1.165) is 46.9 Å². The van der Waals surface area contributed by atoms with Gasteiger partial charge in [0.25, 0.3) is 0 Å². The van der Waals surface area contributed by atoms with Crippen molar-refractivity contribution in [2.45, 2.75) is 53.4 Å².